The van der Waals surface area contributed by atoms with Gasteiger partial charge in [0.2, 0.25) is 0 Å². The van der Waals surface area contributed by atoms with Gasteiger partial charge in [-0.2, -0.15) is 0 Å². The van der Waals surface area contributed by atoms with E-state index in [1.807, 2.05) is 37.6 Å². The van der Waals surface area contributed by atoms with E-state index in [1.165, 1.54) is 0 Å². The molecule has 0 aliphatic rings. The van der Waals surface area contributed by atoms with Gasteiger partial charge in [-0.05, 0) is 26.8 Å². The largest absolute Gasteiger partial charge is 0.345 e. The molecule has 3 aromatic heterocycles. The molecule has 3 rings (SSSR count). The molecule has 0 aliphatic heterocycles. The van der Waals surface area contributed by atoms with Crippen LogP contribution in [0.3, 0.4) is 0 Å². The first-order valence-electron chi connectivity index (χ1n) is 7.45. The number of hydrogen-bond donors (Lipinski definition) is 1. The van der Waals surface area contributed by atoms with Crippen LogP contribution in [0, 0.1) is 20.8 Å². The number of H-pyrrole nitrogens is 1. The van der Waals surface area contributed by atoms with Gasteiger partial charge in [0.25, 0.3) is 0 Å². The summed E-state index contributed by atoms with van der Waals surface area (Å²) in [5, 5.41) is 0. The molecule has 0 radical (unpaired) electrons. The lowest BCUT2D eigenvalue weighted by molar-refractivity contribution is 0.738. The Morgan fingerprint density at radius 1 is 1.09 bits per heavy atom. The van der Waals surface area contributed by atoms with E-state index in [9.17, 15) is 0 Å². The first-order valence-corrected chi connectivity index (χ1v) is 7.45. The molecular weight excluding hydrogens is 276 g/mol. The summed E-state index contributed by atoms with van der Waals surface area (Å²) in [4.78, 5) is 21.4. The minimum Gasteiger partial charge on any atom is -0.345 e. The Hall–Kier alpha value is -2.50. The lowest BCUT2D eigenvalue weighted by Gasteiger charge is -2.07. The molecule has 0 atom stereocenters. The smallest absolute Gasteiger partial charge is 0.160 e. The fraction of sp³-hybridized carbons (Fsp3) is 0.375. The van der Waals surface area contributed by atoms with Gasteiger partial charge in [0.15, 0.2) is 5.82 Å². The minimum atomic E-state index is 0.589. The van der Waals surface area contributed by atoms with Gasteiger partial charge in [-0.3, -0.25) is 0 Å². The monoisotopic (exact) mass is 296 g/mol. The predicted molar refractivity (Wildman–Crippen MR) is 84.5 cm³/mol. The zero-order chi connectivity index (χ0) is 15.7. The molecule has 0 unspecified atom stereocenters. The topological polar surface area (TPSA) is 72.3 Å². The van der Waals surface area contributed by atoms with Crippen molar-refractivity contribution in [1.82, 2.24) is 29.5 Å². The SMILES string of the molecule is CCc1nc(-c2nccn2Cc2nc(C)cc(C)n2)c(C)[nH]1. The molecular formula is C16H20N6. The lowest BCUT2D eigenvalue weighted by atomic mass is 10.3. The van der Waals surface area contributed by atoms with Gasteiger partial charge >= 0.3 is 0 Å². The second-order valence-corrected chi connectivity index (χ2v) is 5.46. The molecule has 0 saturated carbocycles. The van der Waals surface area contributed by atoms with Crippen LogP contribution in [0.15, 0.2) is 18.5 Å². The van der Waals surface area contributed by atoms with Gasteiger partial charge in [0.05, 0.1) is 6.54 Å². The van der Waals surface area contributed by atoms with E-state index in [0.29, 0.717) is 6.54 Å². The molecule has 114 valence electrons. The molecule has 22 heavy (non-hydrogen) atoms. The second kappa shape index (κ2) is 5.71. The van der Waals surface area contributed by atoms with Crippen LogP contribution in [0.1, 0.15) is 35.7 Å². The van der Waals surface area contributed by atoms with Crippen LogP contribution in [-0.2, 0) is 13.0 Å². The number of aromatic nitrogens is 6. The molecule has 0 aliphatic carbocycles. The van der Waals surface area contributed by atoms with Crippen LogP contribution < -0.4 is 0 Å². The minimum absolute atomic E-state index is 0.589. The third-order valence-corrected chi connectivity index (χ3v) is 3.54. The summed E-state index contributed by atoms with van der Waals surface area (Å²) in [6.45, 7) is 8.66. The molecule has 6 heteroatoms. The van der Waals surface area contributed by atoms with Gasteiger partial charge < -0.3 is 9.55 Å². The summed E-state index contributed by atoms with van der Waals surface area (Å²) >= 11 is 0. The fourth-order valence-corrected chi connectivity index (χ4v) is 2.58. The molecule has 3 heterocycles. The van der Waals surface area contributed by atoms with Crippen molar-refractivity contribution in [2.75, 3.05) is 0 Å². The van der Waals surface area contributed by atoms with Gasteiger partial charge in [0.1, 0.15) is 17.3 Å². The van der Waals surface area contributed by atoms with E-state index in [-0.39, 0.29) is 0 Å². The highest BCUT2D eigenvalue weighted by molar-refractivity contribution is 5.53. The van der Waals surface area contributed by atoms with Crippen molar-refractivity contribution in [3.8, 4) is 11.5 Å². The normalized spacial score (nSPS) is 11.1. The Balaban J connectivity index is 1.96. The first kappa shape index (κ1) is 14.4. The van der Waals surface area contributed by atoms with Crippen molar-refractivity contribution in [1.29, 1.82) is 0 Å². The Morgan fingerprint density at radius 3 is 2.45 bits per heavy atom. The van der Waals surface area contributed by atoms with Crippen LogP contribution in [0.5, 0.6) is 0 Å². The maximum absolute atomic E-state index is 4.63. The zero-order valence-electron chi connectivity index (χ0n) is 13.4. The van der Waals surface area contributed by atoms with Crippen LogP contribution in [-0.4, -0.2) is 29.5 Å². The summed E-state index contributed by atoms with van der Waals surface area (Å²) in [6, 6.07) is 1.98. The van der Waals surface area contributed by atoms with E-state index in [4.69, 9.17) is 0 Å². The number of aromatic amines is 1. The molecule has 0 aromatic carbocycles. The van der Waals surface area contributed by atoms with Crippen LogP contribution in [0.4, 0.5) is 0 Å². The molecule has 0 saturated heterocycles. The van der Waals surface area contributed by atoms with Crippen LogP contribution >= 0.6 is 0 Å². The molecule has 6 nitrogen and oxygen atoms in total. The zero-order valence-corrected chi connectivity index (χ0v) is 13.4. The van der Waals surface area contributed by atoms with Gasteiger partial charge in [-0.25, -0.2) is 19.9 Å². The van der Waals surface area contributed by atoms with Crippen molar-refractivity contribution >= 4 is 0 Å². The molecule has 1 N–H and O–H groups in total. The standard InChI is InChI=1S/C16H20N6/c1-5-13-20-12(4)15(21-13)16-17-6-7-22(16)9-14-18-10(2)8-11(3)19-14/h6-8H,5,9H2,1-4H3,(H,20,21). The highest BCUT2D eigenvalue weighted by atomic mass is 15.1. The van der Waals surface area contributed by atoms with E-state index in [0.717, 1.165) is 46.7 Å². The van der Waals surface area contributed by atoms with Crippen LogP contribution in [0.2, 0.25) is 0 Å². The number of nitrogens with zero attached hydrogens (tertiary/aromatic N) is 5. The Bertz CT molecular complexity index is 779. The quantitative estimate of drug-likeness (QED) is 0.803. The first-order chi connectivity index (χ1) is 10.6. The van der Waals surface area contributed by atoms with E-state index < -0.39 is 0 Å². The van der Waals surface area contributed by atoms with Gasteiger partial charge in [-0.1, -0.05) is 6.92 Å². The Kier molecular flexibility index (Phi) is 3.75. The number of rotatable bonds is 4. The van der Waals surface area contributed by atoms with E-state index in [2.05, 4.69) is 31.8 Å². The van der Waals surface area contributed by atoms with Crippen molar-refractivity contribution in [2.24, 2.45) is 0 Å². The summed E-state index contributed by atoms with van der Waals surface area (Å²) in [6.07, 6.45) is 4.61. The van der Waals surface area contributed by atoms with E-state index in [1.54, 1.807) is 6.20 Å². The predicted octanol–water partition coefficient (Wildman–Crippen LogP) is 2.60. The fourth-order valence-electron chi connectivity index (χ4n) is 2.58. The van der Waals surface area contributed by atoms with Crippen molar-refractivity contribution in [3.63, 3.8) is 0 Å². The highest BCUT2D eigenvalue weighted by Crippen LogP contribution is 2.20. The second-order valence-electron chi connectivity index (χ2n) is 5.46. The molecule has 3 aromatic rings. The summed E-state index contributed by atoms with van der Waals surface area (Å²) in [7, 11) is 0. The maximum Gasteiger partial charge on any atom is 0.160 e. The van der Waals surface area contributed by atoms with Crippen LogP contribution in [0.25, 0.3) is 11.5 Å². The average Bonchev–Trinajstić information content (AvgIpc) is 3.03. The third kappa shape index (κ3) is 2.77. The number of aryl methyl sites for hydroxylation is 4. The maximum atomic E-state index is 4.63. The van der Waals surface area contributed by atoms with Crippen molar-refractivity contribution in [2.45, 2.75) is 40.7 Å². The van der Waals surface area contributed by atoms with Gasteiger partial charge in [-0.15, -0.1) is 0 Å². The summed E-state index contributed by atoms with van der Waals surface area (Å²) in [5.74, 6) is 2.61. The molecule has 0 spiro atoms. The lowest BCUT2D eigenvalue weighted by Crippen LogP contribution is -2.07. The number of nitrogens with one attached hydrogen (secondary N) is 1. The Morgan fingerprint density at radius 2 is 1.82 bits per heavy atom. The summed E-state index contributed by atoms with van der Waals surface area (Å²) in [5.41, 5.74) is 3.89. The highest BCUT2D eigenvalue weighted by Gasteiger charge is 2.14. The van der Waals surface area contributed by atoms with Gasteiger partial charge in [0, 0.05) is 35.9 Å². The number of imidazole rings is 2. The Labute approximate surface area is 129 Å². The van der Waals surface area contributed by atoms with E-state index >= 15 is 0 Å². The van der Waals surface area contributed by atoms with Crippen molar-refractivity contribution < 1.29 is 0 Å². The molecule has 0 bridgehead atoms. The van der Waals surface area contributed by atoms with Crippen molar-refractivity contribution in [3.05, 3.63) is 47.2 Å². The number of hydrogen-bond acceptors (Lipinski definition) is 4. The molecule has 0 amide bonds. The average molecular weight is 296 g/mol. The summed E-state index contributed by atoms with van der Waals surface area (Å²) < 4.78 is 2.04. The third-order valence-electron chi connectivity index (χ3n) is 3.54. The molecule has 0 fully saturated rings.